The van der Waals surface area contributed by atoms with Gasteiger partial charge in [0.25, 0.3) is 0 Å². The van der Waals surface area contributed by atoms with E-state index in [-0.39, 0.29) is 11.4 Å². The van der Waals surface area contributed by atoms with Crippen LogP contribution in [0.1, 0.15) is 46.1 Å². The number of nitrogens with one attached hydrogen (secondary N) is 3. The van der Waals surface area contributed by atoms with Crippen LogP contribution in [0.2, 0.25) is 0 Å². The zero-order valence-electron chi connectivity index (χ0n) is 13.3. The Bertz CT molecular complexity index is 469. The van der Waals surface area contributed by atoms with Crippen molar-refractivity contribution < 1.29 is 4.79 Å². The molecule has 0 aliphatic heterocycles. The molecule has 0 bridgehead atoms. The Kier molecular flexibility index (Phi) is 6.36. The lowest BCUT2D eigenvalue weighted by Gasteiger charge is -2.20. The number of carbonyl (C=O) groups excluding carboxylic acids is 1. The maximum absolute atomic E-state index is 11.8. The molecule has 0 aromatic carbocycles. The minimum atomic E-state index is -0.212. The average molecular weight is 294 g/mol. The van der Waals surface area contributed by atoms with Crippen molar-refractivity contribution in [1.29, 1.82) is 0 Å². The summed E-state index contributed by atoms with van der Waals surface area (Å²) in [4.78, 5) is 20.1. The Morgan fingerprint density at radius 1 is 1.29 bits per heavy atom. The summed E-state index contributed by atoms with van der Waals surface area (Å²) in [6.45, 7) is 8.47. The fourth-order valence-corrected chi connectivity index (χ4v) is 1.95. The third kappa shape index (κ3) is 5.95. The Hall–Kier alpha value is -1.89. The van der Waals surface area contributed by atoms with Crippen molar-refractivity contribution in [2.24, 2.45) is 5.84 Å². The summed E-state index contributed by atoms with van der Waals surface area (Å²) >= 11 is 0. The lowest BCUT2D eigenvalue weighted by molar-refractivity contribution is -0.122. The standard InChI is InChI=1S/C14H26N6O/c1-5-6-10-12(17-9-18-13(10)20-15)16-8-7-11(21)19-14(2,3)4/h9H,5-8,15H2,1-4H3,(H,19,21)(H2,16,17,18,20). The van der Waals surface area contributed by atoms with Crippen molar-refractivity contribution in [3.05, 3.63) is 11.9 Å². The van der Waals surface area contributed by atoms with E-state index in [1.807, 2.05) is 20.8 Å². The van der Waals surface area contributed by atoms with Crippen LogP contribution >= 0.6 is 0 Å². The van der Waals surface area contributed by atoms with E-state index < -0.39 is 0 Å². The van der Waals surface area contributed by atoms with Crippen LogP contribution in [0.3, 0.4) is 0 Å². The minimum absolute atomic E-state index is 0.0123. The molecule has 7 heteroatoms. The van der Waals surface area contributed by atoms with Gasteiger partial charge in [0, 0.05) is 24.1 Å². The Balaban J connectivity index is 2.61. The number of aromatic nitrogens is 2. The molecule has 1 rings (SSSR count). The molecule has 0 aliphatic carbocycles. The molecule has 1 aromatic rings. The third-order valence-corrected chi connectivity index (χ3v) is 2.74. The molecule has 7 nitrogen and oxygen atoms in total. The first-order valence-electron chi connectivity index (χ1n) is 7.22. The van der Waals surface area contributed by atoms with E-state index in [4.69, 9.17) is 5.84 Å². The normalized spacial score (nSPS) is 11.1. The molecule has 0 atom stereocenters. The predicted molar refractivity (Wildman–Crippen MR) is 84.8 cm³/mol. The molecule has 1 aromatic heterocycles. The number of rotatable bonds is 7. The Morgan fingerprint density at radius 2 is 1.95 bits per heavy atom. The number of carbonyl (C=O) groups is 1. The zero-order chi connectivity index (χ0) is 15.9. The van der Waals surface area contributed by atoms with Gasteiger partial charge in [-0.1, -0.05) is 13.3 Å². The molecule has 21 heavy (non-hydrogen) atoms. The summed E-state index contributed by atoms with van der Waals surface area (Å²) < 4.78 is 0. The number of hydrogen-bond donors (Lipinski definition) is 4. The van der Waals surface area contributed by atoms with Gasteiger partial charge in [-0.05, 0) is 27.2 Å². The minimum Gasteiger partial charge on any atom is -0.369 e. The highest BCUT2D eigenvalue weighted by molar-refractivity contribution is 5.77. The van der Waals surface area contributed by atoms with E-state index in [0.29, 0.717) is 18.8 Å². The van der Waals surface area contributed by atoms with Gasteiger partial charge >= 0.3 is 0 Å². The second kappa shape index (κ2) is 7.78. The number of hydrazine groups is 1. The maximum Gasteiger partial charge on any atom is 0.222 e. The Morgan fingerprint density at radius 3 is 2.52 bits per heavy atom. The molecule has 0 radical (unpaired) electrons. The zero-order valence-corrected chi connectivity index (χ0v) is 13.3. The molecular formula is C14H26N6O. The van der Waals surface area contributed by atoms with E-state index in [9.17, 15) is 4.79 Å². The van der Waals surface area contributed by atoms with Crippen LogP contribution in [0.25, 0.3) is 0 Å². The first kappa shape index (κ1) is 17.2. The van der Waals surface area contributed by atoms with Crippen molar-refractivity contribution in [2.75, 3.05) is 17.3 Å². The van der Waals surface area contributed by atoms with Gasteiger partial charge in [-0.25, -0.2) is 15.8 Å². The molecule has 0 fully saturated rings. The molecule has 1 amide bonds. The smallest absolute Gasteiger partial charge is 0.222 e. The van der Waals surface area contributed by atoms with E-state index in [1.54, 1.807) is 0 Å². The van der Waals surface area contributed by atoms with Crippen LogP contribution in [0.4, 0.5) is 11.6 Å². The van der Waals surface area contributed by atoms with E-state index in [2.05, 4.69) is 33.0 Å². The molecule has 118 valence electrons. The van der Waals surface area contributed by atoms with Crippen molar-refractivity contribution >= 4 is 17.5 Å². The maximum atomic E-state index is 11.8. The topological polar surface area (TPSA) is 105 Å². The summed E-state index contributed by atoms with van der Waals surface area (Å²) in [7, 11) is 0. The number of nitrogens with zero attached hydrogens (tertiary/aromatic N) is 2. The number of hydrogen-bond acceptors (Lipinski definition) is 6. The SMILES string of the molecule is CCCc1c(NN)ncnc1NCCC(=O)NC(C)(C)C. The van der Waals surface area contributed by atoms with Crippen LogP contribution < -0.4 is 21.9 Å². The van der Waals surface area contributed by atoms with E-state index in [0.717, 1.165) is 24.2 Å². The van der Waals surface area contributed by atoms with E-state index in [1.165, 1.54) is 6.33 Å². The monoisotopic (exact) mass is 294 g/mol. The fourth-order valence-electron chi connectivity index (χ4n) is 1.95. The highest BCUT2D eigenvalue weighted by Crippen LogP contribution is 2.20. The summed E-state index contributed by atoms with van der Waals surface area (Å²) in [5.74, 6) is 6.82. The van der Waals surface area contributed by atoms with Gasteiger partial charge in [0.1, 0.15) is 18.0 Å². The molecule has 0 spiro atoms. The first-order valence-corrected chi connectivity index (χ1v) is 7.22. The molecule has 0 aliphatic rings. The second-order valence-electron chi connectivity index (χ2n) is 5.92. The number of nitrogen functional groups attached to an aromatic ring is 1. The summed E-state index contributed by atoms with van der Waals surface area (Å²) in [5, 5.41) is 6.11. The number of nitrogens with two attached hydrogens (primary N) is 1. The van der Waals surface area contributed by atoms with Crippen LogP contribution in [0.5, 0.6) is 0 Å². The lowest BCUT2D eigenvalue weighted by atomic mass is 10.1. The highest BCUT2D eigenvalue weighted by Gasteiger charge is 2.14. The van der Waals surface area contributed by atoms with Gasteiger partial charge in [0.2, 0.25) is 5.91 Å². The molecule has 0 unspecified atom stereocenters. The van der Waals surface area contributed by atoms with Gasteiger partial charge in [0.05, 0.1) is 0 Å². The summed E-state index contributed by atoms with van der Waals surface area (Å²) in [5.41, 5.74) is 3.31. The second-order valence-corrected chi connectivity index (χ2v) is 5.92. The first-order chi connectivity index (χ1) is 9.87. The van der Waals surface area contributed by atoms with Gasteiger partial charge in [-0.3, -0.25) is 4.79 Å². The largest absolute Gasteiger partial charge is 0.369 e. The lowest BCUT2D eigenvalue weighted by Crippen LogP contribution is -2.41. The van der Waals surface area contributed by atoms with Gasteiger partial charge in [-0.15, -0.1) is 0 Å². The van der Waals surface area contributed by atoms with Crippen LogP contribution in [0, 0.1) is 0 Å². The third-order valence-electron chi connectivity index (χ3n) is 2.74. The van der Waals surface area contributed by atoms with Crippen molar-refractivity contribution in [2.45, 2.75) is 52.5 Å². The van der Waals surface area contributed by atoms with Crippen LogP contribution in [-0.4, -0.2) is 28.0 Å². The number of amides is 1. The average Bonchev–Trinajstić information content (AvgIpc) is 2.38. The van der Waals surface area contributed by atoms with E-state index >= 15 is 0 Å². The molecule has 0 saturated carbocycles. The van der Waals surface area contributed by atoms with Crippen molar-refractivity contribution in [1.82, 2.24) is 15.3 Å². The van der Waals surface area contributed by atoms with Crippen molar-refractivity contribution in [3.8, 4) is 0 Å². The molecule has 0 saturated heterocycles. The van der Waals surface area contributed by atoms with Crippen LogP contribution in [0.15, 0.2) is 6.33 Å². The van der Waals surface area contributed by atoms with Gasteiger partial charge < -0.3 is 16.1 Å². The molecular weight excluding hydrogens is 268 g/mol. The highest BCUT2D eigenvalue weighted by atomic mass is 16.1. The van der Waals surface area contributed by atoms with Crippen LogP contribution in [-0.2, 0) is 11.2 Å². The molecule has 5 N–H and O–H groups in total. The fraction of sp³-hybridized carbons (Fsp3) is 0.643. The summed E-state index contributed by atoms with van der Waals surface area (Å²) in [6, 6.07) is 0. The van der Waals surface area contributed by atoms with Gasteiger partial charge in [-0.2, -0.15) is 0 Å². The van der Waals surface area contributed by atoms with Crippen molar-refractivity contribution in [3.63, 3.8) is 0 Å². The molecule has 1 heterocycles. The van der Waals surface area contributed by atoms with Gasteiger partial charge in [0.15, 0.2) is 0 Å². The quantitative estimate of drug-likeness (QED) is 0.448. The predicted octanol–water partition coefficient (Wildman–Crippen LogP) is 1.43. The Labute approximate surface area is 126 Å². The number of anilines is 2. The summed E-state index contributed by atoms with van der Waals surface area (Å²) in [6.07, 6.45) is 3.61.